The molecule has 0 aliphatic carbocycles. The fraction of sp³-hybridized carbons (Fsp3) is 0.600. The maximum Gasteiger partial charge on any atom is 0.256 e. The largest absolute Gasteiger partial charge is 0.368 e. The summed E-state index contributed by atoms with van der Waals surface area (Å²) in [7, 11) is -3.50. The first kappa shape index (κ1) is 10.7. The highest BCUT2D eigenvalue weighted by Crippen LogP contribution is 1.93. The summed E-state index contributed by atoms with van der Waals surface area (Å²) < 4.78 is 24.9. The summed E-state index contributed by atoms with van der Waals surface area (Å²) in [5.74, 6) is -0.466. The van der Waals surface area contributed by atoms with E-state index in [0.717, 1.165) is 0 Å². The van der Waals surface area contributed by atoms with Crippen LogP contribution in [0.1, 0.15) is 13.3 Å². The van der Waals surface area contributed by atoms with E-state index in [-0.39, 0.29) is 5.75 Å². The first-order valence-corrected chi connectivity index (χ1v) is 4.86. The maximum atomic E-state index is 10.9. The fourth-order valence-electron chi connectivity index (χ4n) is 0.534. The molecular weight excluding hydrogens is 180 g/mol. The number of nitrogens with one attached hydrogen (secondary N) is 1. The molecule has 0 bridgehead atoms. The van der Waals surface area contributed by atoms with Crippen molar-refractivity contribution in [2.75, 3.05) is 5.75 Å². The summed E-state index contributed by atoms with van der Waals surface area (Å²) in [4.78, 5) is 0. The zero-order valence-corrected chi connectivity index (χ0v) is 7.43. The Kier molecular flexibility index (Phi) is 4.07. The number of guanidine groups is 1. The molecule has 0 fully saturated rings. The molecule has 0 aliphatic rings. The first-order valence-electron chi connectivity index (χ1n) is 3.25. The number of sulfonamides is 1. The van der Waals surface area contributed by atoms with Crippen LogP contribution in [0.2, 0.25) is 0 Å². The predicted octanol–water partition coefficient (Wildman–Crippen LogP) is -0.888. The molecule has 0 amide bonds. The number of nitrogens with zero attached hydrogens (tertiary/aromatic N) is 2. The minimum Gasteiger partial charge on any atom is -0.368 e. The molecule has 6 nitrogen and oxygen atoms in total. The molecule has 0 aromatic rings. The van der Waals surface area contributed by atoms with Crippen molar-refractivity contribution in [1.82, 2.24) is 5.32 Å². The van der Waals surface area contributed by atoms with E-state index < -0.39 is 16.0 Å². The van der Waals surface area contributed by atoms with Crippen molar-refractivity contribution in [1.29, 1.82) is 5.26 Å². The van der Waals surface area contributed by atoms with Gasteiger partial charge in [0.15, 0.2) is 6.19 Å². The minimum absolute atomic E-state index is 0.0686. The Labute approximate surface area is 71.1 Å². The Hall–Kier alpha value is -1.29. The lowest BCUT2D eigenvalue weighted by Crippen LogP contribution is -2.28. The van der Waals surface area contributed by atoms with E-state index in [9.17, 15) is 8.42 Å². The van der Waals surface area contributed by atoms with Crippen molar-refractivity contribution in [3.8, 4) is 6.19 Å². The molecule has 7 heteroatoms. The molecule has 0 aliphatic heterocycles. The number of nitriles is 1. The fourth-order valence-corrected chi connectivity index (χ4v) is 1.49. The van der Waals surface area contributed by atoms with E-state index in [4.69, 9.17) is 11.0 Å². The summed E-state index contributed by atoms with van der Waals surface area (Å²) in [5.41, 5.74) is 5.04. The van der Waals surface area contributed by atoms with Crippen LogP contribution in [0.15, 0.2) is 4.40 Å². The van der Waals surface area contributed by atoms with Crippen molar-refractivity contribution in [3.05, 3.63) is 0 Å². The van der Waals surface area contributed by atoms with Gasteiger partial charge in [-0.2, -0.15) is 5.26 Å². The van der Waals surface area contributed by atoms with Crippen LogP contribution in [0.3, 0.4) is 0 Å². The average Bonchev–Trinajstić information content (AvgIpc) is 1.85. The normalized spacial score (nSPS) is 12.2. The molecule has 0 unspecified atom stereocenters. The van der Waals surface area contributed by atoms with Gasteiger partial charge >= 0.3 is 0 Å². The van der Waals surface area contributed by atoms with Crippen LogP contribution >= 0.6 is 0 Å². The van der Waals surface area contributed by atoms with Gasteiger partial charge in [-0.15, -0.1) is 4.40 Å². The molecule has 3 N–H and O–H groups in total. The molecule has 0 saturated carbocycles. The first-order chi connectivity index (χ1) is 5.52. The standard InChI is InChI=1S/C5H10N4O2S/c1-2-3-12(10,11)9-5(7)8-4-6/h2-3H2,1H3,(H3,7,8,9). The van der Waals surface area contributed by atoms with Crippen molar-refractivity contribution in [2.45, 2.75) is 13.3 Å². The Morgan fingerprint density at radius 2 is 2.33 bits per heavy atom. The topological polar surface area (TPSA) is 108 Å². The van der Waals surface area contributed by atoms with Gasteiger partial charge in [-0.05, 0) is 6.42 Å². The van der Waals surface area contributed by atoms with Crippen LogP contribution in [0.25, 0.3) is 0 Å². The lowest BCUT2D eigenvalue weighted by molar-refractivity contribution is 0.596. The third-order valence-corrected chi connectivity index (χ3v) is 2.28. The second-order valence-corrected chi connectivity index (χ2v) is 3.75. The molecule has 0 spiro atoms. The maximum absolute atomic E-state index is 10.9. The van der Waals surface area contributed by atoms with Crippen molar-refractivity contribution in [3.63, 3.8) is 0 Å². The van der Waals surface area contributed by atoms with Crippen molar-refractivity contribution in [2.24, 2.45) is 10.1 Å². The van der Waals surface area contributed by atoms with Gasteiger partial charge in [0.1, 0.15) is 0 Å². The number of nitrogens with two attached hydrogens (primary N) is 1. The highest BCUT2D eigenvalue weighted by Gasteiger charge is 2.06. The second-order valence-electron chi connectivity index (χ2n) is 2.00. The third-order valence-electron chi connectivity index (χ3n) is 0.883. The van der Waals surface area contributed by atoms with Gasteiger partial charge in [-0.1, -0.05) is 6.92 Å². The van der Waals surface area contributed by atoms with E-state index in [2.05, 4.69) is 4.40 Å². The molecule has 12 heavy (non-hydrogen) atoms. The smallest absolute Gasteiger partial charge is 0.256 e. The van der Waals surface area contributed by atoms with Gasteiger partial charge in [0, 0.05) is 0 Å². The van der Waals surface area contributed by atoms with E-state index in [0.29, 0.717) is 6.42 Å². The van der Waals surface area contributed by atoms with E-state index in [1.54, 1.807) is 6.92 Å². The van der Waals surface area contributed by atoms with E-state index >= 15 is 0 Å². The monoisotopic (exact) mass is 190 g/mol. The molecule has 0 heterocycles. The highest BCUT2D eigenvalue weighted by atomic mass is 32.2. The van der Waals surface area contributed by atoms with Crippen LogP contribution in [-0.4, -0.2) is 20.1 Å². The minimum atomic E-state index is -3.50. The van der Waals surface area contributed by atoms with E-state index in [1.807, 2.05) is 5.32 Å². The van der Waals surface area contributed by atoms with Gasteiger partial charge in [-0.3, -0.25) is 5.32 Å². The van der Waals surface area contributed by atoms with Crippen LogP contribution in [0.5, 0.6) is 0 Å². The molecule has 0 rings (SSSR count). The zero-order valence-electron chi connectivity index (χ0n) is 6.61. The van der Waals surface area contributed by atoms with E-state index in [1.165, 1.54) is 6.19 Å². The van der Waals surface area contributed by atoms with Crippen LogP contribution in [0.4, 0.5) is 0 Å². The second kappa shape index (κ2) is 4.56. The molecule has 0 atom stereocenters. The molecule has 68 valence electrons. The summed E-state index contributed by atoms with van der Waals surface area (Å²) in [6.45, 7) is 1.71. The van der Waals surface area contributed by atoms with Crippen LogP contribution < -0.4 is 11.1 Å². The SMILES string of the molecule is CCCS(=O)(=O)/N=C(\N)NC#N. The predicted molar refractivity (Wildman–Crippen MR) is 44.4 cm³/mol. The zero-order chi connectivity index (χ0) is 9.61. The molecule has 0 radical (unpaired) electrons. The van der Waals surface area contributed by atoms with Gasteiger partial charge in [0.2, 0.25) is 5.96 Å². The Morgan fingerprint density at radius 3 is 2.75 bits per heavy atom. The Morgan fingerprint density at radius 1 is 1.75 bits per heavy atom. The molecule has 0 aromatic carbocycles. The lowest BCUT2D eigenvalue weighted by Gasteiger charge is -1.96. The van der Waals surface area contributed by atoms with Crippen LogP contribution in [0, 0.1) is 11.5 Å². The summed E-state index contributed by atoms with van der Waals surface area (Å²) in [5, 5.41) is 9.96. The highest BCUT2D eigenvalue weighted by molar-refractivity contribution is 7.90. The Bertz CT molecular complexity index is 300. The quantitative estimate of drug-likeness (QED) is 0.260. The summed E-state index contributed by atoms with van der Waals surface area (Å²) in [6.07, 6.45) is 1.93. The number of hydrogen-bond acceptors (Lipinski definition) is 3. The van der Waals surface area contributed by atoms with Crippen molar-refractivity contribution < 1.29 is 8.42 Å². The molecule has 0 aromatic heterocycles. The number of hydrogen-bond donors (Lipinski definition) is 2. The van der Waals surface area contributed by atoms with Crippen LogP contribution in [-0.2, 0) is 10.0 Å². The number of rotatable bonds is 3. The molecule has 0 saturated heterocycles. The lowest BCUT2D eigenvalue weighted by atomic mass is 10.6. The van der Waals surface area contributed by atoms with Gasteiger partial charge in [0.25, 0.3) is 10.0 Å². The van der Waals surface area contributed by atoms with Crippen molar-refractivity contribution >= 4 is 16.0 Å². The third kappa shape index (κ3) is 4.51. The summed E-state index contributed by atoms with van der Waals surface area (Å²) >= 11 is 0. The molecular formula is C5H10N4O2S. The van der Waals surface area contributed by atoms with Gasteiger partial charge in [0.05, 0.1) is 5.75 Å². The van der Waals surface area contributed by atoms with Gasteiger partial charge in [-0.25, -0.2) is 8.42 Å². The Balaban J connectivity index is 4.43. The average molecular weight is 190 g/mol. The van der Waals surface area contributed by atoms with Gasteiger partial charge < -0.3 is 5.73 Å². The summed E-state index contributed by atoms with van der Waals surface area (Å²) in [6, 6.07) is 0.